The molecular formula is C19H40IN5O. The van der Waals surface area contributed by atoms with Gasteiger partial charge in [0.2, 0.25) is 0 Å². The highest BCUT2D eigenvalue weighted by atomic mass is 127. The highest BCUT2D eigenvalue weighted by Crippen LogP contribution is 2.16. The van der Waals surface area contributed by atoms with Crippen LogP contribution >= 0.6 is 24.0 Å². The van der Waals surface area contributed by atoms with Crippen molar-refractivity contribution in [3.8, 4) is 0 Å². The Morgan fingerprint density at radius 2 is 1.77 bits per heavy atom. The number of methoxy groups -OCH3 is 1. The van der Waals surface area contributed by atoms with E-state index in [2.05, 4.69) is 39.3 Å². The third-order valence-electron chi connectivity index (χ3n) is 5.70. The van der Waals surface area contributed by atoms with Crippen LogP contribution in [0.1, 0.15) is 39.5 Å². The Kier molecular flexibility index (Phi) is 12.1. The number of piperidine rings is 2. The van der Waals surface area contributed by atoms with E-state index in [1.807, 2.05) is 7.05 Å². The van der Waals surface area contributed by atoms with Gasteiger partial charge >= 0.3 is 0 Å². The number of likely N-dealkylation sites (tertiary alicyclic amines) is 2. The molecule has 26 heavy (non-hydrogen) atoms. The van der Waals surface area contributed by atoms with E-state index in [4.69, 9.17) is 4.74 Å². The molecule has 0 unspecified atom stereocenters. The normalized spacial score (nSPS) is 21.7. The molecule has 2 aliphatic heterocycles. The molecule has 0 aromatic carbocycles. The lowest BCUT2D eigenvalue weighted by molar-refractivity contribution is 0.120. The molecule has 2 N–H and O–H groups in total. The molecule has 0 bridgehead atoms. The van der Waals surface area contributed by atoms with Gasteiger partial charge in [-0.1, -0.05) is 0 Å². The van der Waals surface area contributed by atoms with Gasteiger partial charge in [0.05, 0.1) is 6.61 Å². The zero-order valence-corrected chi connectivity index (χ0v) is 19.5. The number of rotatable bonds is 7. The van der Waals surface area contributed by atoms with E-state index < -0.39 is 0 Å². The fourth-order valence-electron chi connectivity index (χ4n) is 3.82. The summed E-state index contributed by atoms with van der Waals surface area (Å²) in [5, 5.41) is 7.19. The molecule has 2 heterocycles. The zero-order chi connectivity index (χ0) is 18.1. The predicted octanol–water partition coefficient (Wildman–Crippen LogP) is 2.00. The molecule has 0 saturated carbocycles. The second kappa shape index (κ2) is 13.1. The van der Waals surface area contributed by atoms with Crippen LogP contribution in [0.15, 0.2) is 4.99 Å². The average molecular weight is 481 g/mol. The van der Waals surface area contributed by atoms with Gasteiger partial charge in [0.1, 0.15) is 0 Å². The van der Waals surface area contributed by atoms with Gasteiger partial charge in [0.25, 0.3) is 0 Å². The van der Waals surface area contributed by atoms with Gasteiger partial charge in [0, 0.05) is 52.4 Å². The monoisotopic (exact) mass is 481 g/mol. The maximum Gasteiger partial charge on any atom is 0.191 e. The van der Waals surface area contributed by atoms with Crippen molar-refractivity contribution < 1.29 is 4.74 Å². The first kappa shape index (κ1) is 23.9. The van der Waals surface area contributed by atoms with Crippen LogP contribution in [0, 0.1) is 5.92 Å². The first-order valence-electron chi connectivity index (χ1n) is 10.0. The van der Waals surface area contributed by atoms with Gasteiger partial charge < -0.3 is 25.2 Å². The van der Waals surface area contributed by atoms with Gasteiger partial charge in [0.15, 0.2) is 5.96 Å². The minimum absolute atomic E-state index is 0. The van der Waals surface area contributed by atoms with Crippen molar-refractivity contribution in [2.75, 3.05) is 60.0 Å². The van der Waals surface area contributed by atoms with Crippen molar-refractivity contribution in [1.82, 2.24) is 20.4 Å². The van der Waals surface area contributed by atoms with Crippen LogP contribution in [0.25, 0.3) is 0 Å². The smallest absolute Gasteiger partial charge is 0.191 e. The van der Waals surface area contributed by atoms with Crippen molar-refractivity contribution >= 4 is 29.9 Å². The third kappa shape index (κ3) is 8.27. The van der Waals surface area contributed by atoms with Crippen LogP contribution in [0.5, 0.6) is 0 Å². The number of ether oxygens (including phenoxy) is 1. The molecule has 0 aromatic heterocycles. The average Bonchev–Trinajstić information content (AvgIpc) is 2.64. The summed E-state index contributed by atoms with van der Waals surface area (Å²) in [4.78, 5) is 9.50. The number of hydrogen-bond acceptors (Lipinski definition) is 4. The van der Waals surface area contributed by atoms with Crippen LogP contribution in [0.4, 0.5) is 0 Å². The topological polar surface area (TPSA) is 52.1 Å². The number of aliphatic imine (C=N–C) groups is 1. The van der Waals surface area contributed by atoms with E-state index in [1.165, 1.54) is 51.9 Å². The molecule has 2 saturated heterocycles. The van der Waals surface area contributed by atoms with Crippen molar-refractivity contribution in [2.45, 2.75) is 51.6 Å². The van der Waals surface area contributed by atoms with E-state index in [1.54, 1.807) is 7.11 Å². The summed E-state index contributed by atoms with van der Waals surface area (Å²) >= 11 is 0. The van der Waals surface area contributed by atoms with Gasteiger partial charge in [-0.05, 0) is 58.5 Å². The van der Waals surface area contributed by atoms with Crippen LogP contribution in [-0.2, 0) is 4.74 Å². The fourth-order valence-corrected chi connectivity index (χ4v) is 3.82. The Morgan fingerprint density at radius 3 is 2.31 bits per heavy atom. The molecule has 6 nitrogen and oxygen atoms in total. The SMILES string of the molecule is CN=C(NCC1CCN(CCOC)CC1)NC1CCN(C(C)C)CC1.I. The Morgan fingerprint density at radius 1 is 1.12 bits per heavy atom. The maximum atomic E-state index is 5.18. The Balaban J connectivity index is 0.00000338. The lowest BCUT2D eigenvalue weighted by Gasteiger charge is -2.36. The third-order valence-corrected chi connectivity index (χ3v) is 5.70. The Labute approximate surface area is 177 Å². The molecular weight excluding hydrogens is 441 g/mol. The lowest BCUT2D eigenvalue weighted by atomic mass is 9.97. The number of halogens is 1. The summed E-state index contributed by atoms with van der Waals surface area (Å²) in [7, 11) is 3.66. The minimum Gasteiger partial charge on any atom is -0.383 e. The van der Waals surface area contributed by atoms with Crippen LogP contribution in [0.3, 0.4) is 0 Å². The van der Waals surface area contributed by atoms with Gasteiger partial charge in [-0.2, -0.15) is 0 Å². The van der Waals surface area contributed by atoms with E-state index in [0.29, 0.717) is 12.1 Å². The zero-order valence-electron chi connectivity index (χ0n) is 17.2. The summed E-state index contributed by atoms with van der Waals surface area (Å²) in [5.74, 6) is 1.73. The molecule has 154 valence electrons. The summed E-state index contributed by atoms with van der Waals surface area (Å²) in [6, 6.07) is 1.21. The van der Waals surface area contributed by atoms with Crippen molar-refractivity contribution in [3.63, 3.8) is 0 Å². The predicted molar refractivity (Wildman–Crippen MR) is 121 cm³/mol. The molecule has 2 rings (SSSR count). The minimum atomic E-state index is 0. The number of nitrogens with zero attached hydrogens (tertiary/aromatic N) is 3. The van der Waals surface area contributed by atoms with E-state index >= 15 is 0 Å². The molecule has 0 aromatic rings. The molecule has 0 amide bonds. The van der Waals surface area contributed by atoms with Gasteiger partial charge in [-0.25, -0.2) is 0 Å². The Hall–Kier alpha value is -0.120. The lowest BCUT2D eigenvalue weighted by Crippen LogP contribution is -2.50. The van der Waals surface area contributed by atoms with E-state index in [-0.39, 0.29) is 24.0 Å². The first-order valence-corrected chi connectivity index (χ1v) is 10.0. The molecule has 7 heteroatoms. The molecule has 0 radical (unpaired) electrons. The largest absolute Gasteiger partial charge is 0.383 e. The first-order chi connectivity index (χ1) is 12.1. The molecule has 0 atom stereocenters. The molecule has 0 spiro atoms. The van der Waals surface area contributed by atoms with E-state index in [9.17, 15) is 0 Å². The summed E-state index contributed by atoms with van der Waals surface area (Å²) in [6.45, 7) is 12.3. The second-order valence-corrected chi connectivity index (χ2v) is 7.78. The van der Waals surface area contributed by atoms with Gasteiger partial charge in [-0.15, -0.1) is 24.0 Å². The molecule has 2 fully saturated rings. The number of guanidine groups is 1. The second-order valence-electron chi connectivity index (χ2n) is 7.78. The van der Waals surface area contributed by atoms with Crippen LogP contribution in [-0.4, -0.2) is 87.9 Å². The van der Waals surface area contributed by atoms with Crippen molar-refractivity contribution in [3.05, 3.63) is 0 Å². The summed E-state index contributed by atoms with van der Waals surface area (Å²) in [5.41, 5.74) is 0. The number of nitrogens with one attached hydrogen (secondary N) is 2. The van der Waals surface area contributed by atoms with Crippen LogP contribution in [0.2, 0.25) is 0 Å². The molecule has 2 aliphatic rings. The van der Waals surface area contributed by atoms with Crippen LogP contribution < -0.4 is 10.6 Å². The highest BCUT2D eigenvalue weighted by Gasteiger charge is 2.22. The summed E-state index contributed by atoms with van der Waals surface area (Å²) < 4.78 is 5.18. The quantitative estimate of drug-likeness (QED) is 0.331. The molecule has 0 aliphatic carbocycles. The standard InChI is InChI=1S/C19H39N5O.HI/c1-16(2)24-11-7-18(8-12-24)22-19(20-3)21-15-17-5-9-23(10-6-17)13-14-25-4;/h16-18H,5-15H2,1-4H3,(H2,20,21,22);1H. The van der Waals surface area contributed by atoms with Crippen molar-refractivity contribution in [1.29, 1.82) is 0 Å². The maximum absolute atomic E-state index is 5.18. The number of hydrogen-bond donors (Lipinski definition) is 2. The highest BCUT2D eigenvalue weighted by molar-refractivity contribution is 14.0. The van der Waals surface area contributed by atoms with E-state index in [0.717, 1.165) is 31.6 Å². The van der Waals surface area contributed by atoms with Crippen molar-refractivity contribution in [2.24, 2.45) is 10.9 Å². The Bertz CT molecular complexity index is 391. The van der Waals surface area contributed by atoms with Gasteiger partial charge in [-0.3, -0.25) is 4.99 Å². The summed E-state index contributed by atoms with van der Waals surface area (Å²) in [6.07, 6.45) is 4.94. The fraction of sp³-hybridized carbons (Fsp3) is 0.947.